The molecule has 39 heavy (non-hydrogen) atoms. The van der Waals surface area contributed by atoms with Gasteiger partial charge in [-0.05, 0) is 89.8 Å². The molecule has 0 heterocycles. The van der Waals surface area contributed by atoms with Gasteiger partial charge >= 0.3 is 12.1 Å². The van der Waals surface area contributed by atoms with E-state index < -0.39 is 40.4 Å². The Morgan fingerprint density at radius 1 is 1.00 bits per heavy atom. The number of halogens is 3. The lowest BCUT2D eigenvalue weighted by molar-refractivity contribution is -0.188. The molecule has 4 nitrogen and oxygen atoms in total. The van der Waals surface area contributed by atoms with E-state index in [9.17, 15) is 14.3 Å². The van der Waals surface area contributed by atoms with E-state index in [0.717, 1.165) is 30.5 Å². The normalized spacial score (nSPS) is 16.4. The first-order chi connectivity index (χ1) is 18.1. The highest BCUT2D eigenvalue weighted by atomic mass is 19.3. The number of alkyl halides is 2. The first-order valence-corrected chi connectivity index (χ1v) is 12.7. The lowest BCUT2D eigenvalue weighted by Crippen LogP contribution is -2.35. The average molecular weight is 537 g/mol. The standard InChI is InChI=1S/C32H31F3O4/c1-19-6-12-23(25(33)16-19)32(34,35)39-27-18-22(17-24-28(27)31(4,5)15-14-30(24,2)3)26(36)13-9-20-7-10-21(11-8-20)29(37)38/h6-8,10-12,16-18,26,36H,14-15H2,1-5H3,(H,37,38). The van der Waals surface area contributed by atoms with Crippen molar-refractivity contribution in [1.29, 1.82) is 0 Å². The third-order valence-corrected chi connectivity index (χ3v) is 7.38. The van der Waals surface area contributed by atoms with E-state index in [1.54, 1.807) is 13.0 Å². The molecule has 1 aliphatic rings. The lowest BCUT2D eigenvalue weighted by Gasteiger charge is -2.43. The quantitative estimate of drug-likeness (QED) is 0.334. The Morgan fingerprint density at radius 3 is 2.26 bits per heavy atom. The molecule has 0 spiro atoms. The maximum atomic E-state index is 15.4. The highest BCUT2D eigenvalue weighted by Crippen LogP contribution is 2.51. The van der Waals surface area contributed by atoms with Crippen LogP contribution in [0.25, 0.3) is 0 Å². The van der Waals surface area contributed by atoms with Gasteiger partial charge < -0.3 is 14.9 Å². The third-order valence-electron chi connectivity index (χ3n) is 7.38. The maximum absolute atomic E-state index is 15.4. The number of ether oxygens (including phenoxy) is 1. The number of carboxylic acid groups (broad SMARTS) is 1. The summed E-state index contributed by atoms with van der Waals surface area (Å²) < 4.78 is 50.8. The molecule has 0 aromatic heterocycles. The Morgan fingerprint density at radius 2 is 1.64 bits per heavy atom. The molecular formula is C32H31F3O4. The zero-order chi connectivity index (χ0) is 28.8. The molecule has 0 radical (unpaired) electrons. The van der Waals surface area contributed by atoms with E-state index in [2.05, 4.69) is 11.8 Å². The van der Waals surface area contributed by atoms with Gasteiger partial charge in [0.1, 0.15) is 17.7 Å². The molecule has 7 heteroatoms. The number of hydrogen-bond donors (Lipinski definition) is 2. The van der Waals surface area contributed by atoms with Crippen LogP contribution in [0.5, 0.6) is 5.75 Å². The van der Waals surface area contributed by atoms with Crippen LogP contribution in [0.3, 0.4) is 0 Å². The van der Waals surface area contributed by atoms with Gasteiger partial charge in [0.2, 0.25) is 0 Å². The number of aliphatic hydroxyl groups is 1. The minimum atomic E-state index is -3.97. The van der Waals surface area contributed by atoms with E-state index in [1.807, 2.05) is 27.7 Å². The second-order valence-electron chi connectivity index (χ2n) is 11.4. The zero-order valence-corrected chi connectivity index (χ0v) is 22.5. The van der Waals surface area contributed by atoms with Crippen molar-refractivity contribution in [3.05, 3.63) is 99.4 Å². The van der Waals surface area contributed by atoms with Gasteiger partial charge in [0, 0.05) is 11.1 Å². The van der Waals surface area contributed by atoms with Crippen LogP contribution < -0.4 is 4.74 Å². The second-order valence-corrected chi connectivity index (χ2v) is 11.4. The predicted octanol–water partition coefficient (Wildman–Crippen LogP) is 7.39. The lowest BCUT2D eigenvalue weighted by atomic mass is 9.62. The number of aromatic carboxylic acids is 1. The molecule has 3 aromatic carbocycles. The third kappa shape index (κ3) is 5.81. The Bertz CT molecular complexity index is 1480. The minimum Gasteiger partial charge on any atom is -0.478 e. The van der Waals surface area contributed by atoms with Gasteiger partial charge in [0.15, 0.2) is 0 Å². The van der Waals surface area contributed by atoms with E-state index in [-0.39, 0.29) is 16.9 Å². The molecule has 0 saturated carbocycles. The van der Waals surface area contributed by atoms with Crippen molar-refractivity contribution < 1.29 is 32.9 Å². The van der Waals surface area contributed by atoms with Gasteiger partial charge in [-0.25, -0.2) is 9.18 Å². The number of fused-ring (bicyclic) bond motifs is 1. The highest BCUT2D eigenvalue weighted by molar-refractivity contribution is 5.87. The Balaban J connectivity index is 1.80. The minimum absolute atomic E-state index is 0.105. The van der Waals surface area contributed by atoms with Crippen molar-refractivity contribution in [2.75, 3.05) is 0 Å². The summed E-state index contributed by atoms with van der Waals surface area (Å²) in [5.41, 5.74) is 0.942. The summed E-state index contributed by atoms with van der Waals surface area (Å²) in [4.78, 5) is 11.1. The number of aliphatic hydroxyl groups excluding tert-OH is 1. The van der Waals surface area contributed by atoms with Crippen LogP contribution >= 0.6 is 0 Å². The van der Waals surface area contributed by atoms with Crippen molar-refractivity contribution in [2.24, 2.45) is 0 Å². The fraction of sp³-hybridized carbons (Fsp3) is 0.344. The van der Waals surface area contributed by atoms with Crippen LogP contribution in [0.4, 0.5) is 13.2 Å². The van der Waals surface area contributed by atoms with E-state index in [1.165, 1.54) is 36.4 Å². The SMILES string of the molecule is Cc1ccc(C(F)(F)Oc2cc(C(O)C#Cc3ccc(C(=O)O)cc3)cc3c2C(C)(C)CCC3(C)C)c(F)c1. The second kappa shape index (κ2) is 10.1. The van der Waals surface area contributed by atoms with Gasteiger partial charge in [-0.3, -0.25) is 0 Å². The molecule has 0 saturated heterocycles. The molecule has 1 unspecified atom stereocenters. The summed E-state index contributed by atoms with van der Waals surface area (Å²) in [6.45, 7) is 9.53. The number of carbonyl (C=O) groups is 1. The summed E-state index contributed by atoms with van der Waals surface area (Å²) >= 11 is 0. The van der Waals surface area contributed by atoms with Crippen LogP contribution in [-0.2, 0) is 16.9 Å². The monoisotopic (exact) mass is 536 g/mol. The van der Waals surface area contributed by atoms with Crippen molar-refractivity contribution >= 4 is 5.97 Å². The molecule has 1 atom stereocenters. The smallest absolute Gasteiger partial charge is 0.429 e. The molecule has 0 bridgehead atoms. The largest absolute Gasteiger partial charge is 0.478 e. The number of carboxylic acids is 1. The van der Waals surface area contributed by atoms with Crippen LogP contribution in [0, 0.1) is 24.6 Å². The molecule has 0 fully saturated rings. The Kier molecular flexibility index (Phi) is 7.31. The molecule has 204 valence electrons. The maximum Gasteiger partial charge on any atom is 0.429 e. The number of aryl methyl sites for hydroxylation is 1. The first kappa shape index (κ1) is 28.3. The molecule has 2 N–H and O–H groups in total. The van der Waals surface area contributed by atoms with Crippen molar-refractivity contribution in [3.63, 3.8) is 0 Å². The van der Waals surface area contributed by atoms with Crippen LogP contribution in [0.15, 0.2) is 54.6 Å². The van der Waals surface area contributed by atoms with E-state index in [0.29, 0.717) is 16.7 Å². The van der Waals surface area contributed by atoms with Crippen LogP contribution in [-0.4, -0.2) is 16.2 Å². The average Bonchev–Trinajstić information content (AvgIpc) is 2.84. The van der Waals surface area contributed by atoms with Crippen molar-refractivity contribution in [3.8, 4) is 17.6 Å². The highest BCUT2D eigenvalue weighted by Gasteiger charge is 2.44. The number of rotatable bonds is 5. The summed E-state index contributed by atoms with van der Waals surface area (Å²) in [6.07, 6.45) is -3.80. The molecular weight excluding hydrogens is 505 g/mol. The molecule has 3 aromatic rings. The van der Waals surface area contributed by atoms with Crippen molar-refractivity contribution in [2.45, 2.75) is 70.5 Å². The van der Waals surface area contributed by atoms with Crippen LogP contribution in [0.2, 0.25) is 0 Å². The Hall–Kier alpha value is -3.76. The first-order valence-electron chi connectivity index (χ1n) is 12.7. The summed E-state index contributed by atoms with van der Waals surface area (Å²) in [6, 6.07) is 12.4. The number of benzene rings is 3. The molecule has 4 rings (SSSR count). The van der Waals surface area contributed by atoms with Gasteiger partial charge in [-0.2, -0.15) is 8.78 Å². The Labute approximate surface area is 226 Å². The summed E-state index contributed by atoms with van der Waals surface area (Å²) in [5.74, 6) is 3.25. The van der Waals surface area contributed by atoms with E-state index >= 15 is 8.78 Å². The molecule has 0 aliphatic heterocycles. The molecule has 0 amide bonds. The van der Waals surface area contributed by atoms with Gasteiger partial charge in [0.25, 0.3) is 0 Å². The fourth-order valence-electron chi connectivity index (χ4n) is 4.97. The summed E-state index contributed by atoms with van der Waals surface area (Å²) in [5, 5.41) is 20.0. The van der Waals surface area contributed by atoms with Gasteiger partial charge in [-0.15, -0.1) is 0 Å². The van der Waals surface area contributed by atoms with Gasteiger partial charge in [-0.1, -0.05) is 51.7 Å². The summed E-state index contributed by atoms with van der Waals surface area (Å²) in [7, 11) is 0. The van der Waals surface area contributed by atoms with Crippen molar-refractivity contribution in [1.82, 2.24) is 0 Å². The zero-order valence-electron chi connectivity index (χ0n) is 22.5. The topological polar surface area (TPSA) is 66.8 Å². The predicted molar refractivity (Wildman–Crippen MR) is 143 cm³/mol. The van der Waals surface area contributed by atoms with Gasteiger partial charge in [0.05, 0.1) is 11.1 Å². The van der Waals surface area contributed by atoms with Crippen LogP contribution in [0.1, 0.15) is 90.4 Å². The number of hydrogen-bond acceptors (Lipinski definition) is 3. The molecule has 1 aliphatic carbocycles. The van der Waals surface area contributed by atoms with E-state index in [4.69, 9.17) is 9.84 Å². The fourth-order valence-corrected chi connectivity index (χ4v) is 4.97.